The molecular weight excluding hydrogens is 148 g/mol. The maximum Gasteiger partial charge on any atom is 0.333 e. The fraction of sp³-hybridized carbons (Fsp3) is 0.429. The average Bonchev–Trinajstić information content (AvgIpc) is 1.85. The monoisotopic (exact) mass is 158 g/mol. The van der Waals surface area contributed by atoms with E-state index in [1.807, 2.05) is 0 Å². The first-order chi connectivity index (χ1) is 5.06. The Balaban J connectivity index is 4.00. The van der Waals surface area contributed by atoms with Crippen LogP contribution in [0.4, 0.5) is 0 Å². The van der Waals surface area contributed by atoms with E-state index in [0.29, 0.717) is 0 Å². The second-order valence-electron chi connectivity index (χ2n) is 1.87. The fourth-order valence-corrected chi connectivity index (χ4v) is 0.481. The van der Waals surface area contributed by atoms with E-state index in [1.54, 1.807) is 0 Å². The summed E-state index contributed by atoms with van der Waals surface area (Å²) >= 11 is 0. The van der Waals surface area contributed by atoms with Crippen molar-refractivity contribution in [3.8, 4) is 0 Å². The van der Waals surface area contributed by atoms with Gasteiger partial charge in [0.15, 0.2) is 0 Å². The number of hydrogen-bond donors (Lipinski definition) is 0. The molecule has 11 heavy (non-hydrogen) atoms. The van der Waals surface area contributed by atoms with Crippen LogP contribution in [0, 0.1) is 0 Å². The smallest absolute Gasteiger partial charge is 0.333 e. The summed E-state index contributed by atoms with van der Waals surface area (Å²) in [5, 5.41) is 0. The lowest BCUT2D eigenvalue weighted by Crippen LogP contribution is -2.01. The number of carbonyl (C=O) groups is 2. The van der Waals surface area contributed by atoms with E-state index in [9.17, 15) is 9.59 Å². The first kappa shape index (κ1) is 9.68. The summed E-state index contributed by atoms with van der Waals surface area (Å²) in [6, 6.07) is 0. The zero-order valence-corrected chi connectivity index (χ0v) is 6.71. The van der Waals surface area contributed by atoms with Gasteiger partial charge in [0.2, 0.25) is 0 Å². The van der Waals surface area contributed by atoms with Crippen LogP contribution in [0.5, 0.6) is 0 Å². The lowest BCUT2D eigenvalue weighted by molar-refractivity contribution is -0.137. The maximum absolute atomic E-state index is 10.5. The zero-order chi connectivity index (χ0) is 8.85. The Labute approximate surface area is 64.8 Å². The molecule has 0 aliphatic carbocycles. The van der Waals surface area contributed by atoms with Gasteiger partial charge in [-0.05, 0) is 6.92 Å². The lowest BCUT2D eigenvalue weighted by Gasteiger charge is -1.98. The van der Waals surface area contributed by atoms with Gasteiger partial charge in [0.1, 0.15) is 5.76 Å². The Morgan fingerprint density at radius 3 is 2.18 bits per heavy atom. The molecule has 0 spiro atoms. The van der Waals surface area contributed by atoms with Crippen molar-refractivity contribution in [2.24, 2.45) is 0 Å². The maximum atomic E-state index is 10.5. The Bertz CT molecular complexity index is 193. The topological polar surface area (TPSA) is 52.6 Å². The third kappa shape index (κ3) is 5.14. The molecule has 0 aromatic rings. The predicted molar refractivity (Wildman–Crippen MR) is 37.5 cm³/mol. The number of esters is 2. The molecule has 0 unspecified atom stereocenters. The molecule has 0 aliphatic rings. The van der Waals surface area contributed by atoms with Crippen molar-refractivity contribution in [1.82, 2.24) is 0 Å². The number of carbonyl (C=O) groups excluding carboxylic acids is 2. The summed E-state index contributed by atoms with van der Waals surface area (Å²) in [4.78, 5) is 20.8. The number of methoxy groups -OCH3 is 1. The highest BCUT2D eigenvalue weighted by Crippen LogP contribution is 1.95. The molecule has 62 valence electrons. The Morgan fingerprint density at radius 1 is 1.27 bits per heavy atom. The minimum absolute atomic E-state index is 0.226. The molecule has 0 N–H and O–H groups in total. The van der Waals surface area contributed by atoms with Gasteiger partial charge in [-0.15, -0.1) is 0 Å². The van der Waals surface area contributed by atoms with Crippen LogP contribution < -0.4 is 0 Å². The minimum Gasteiger partial charge on any atom is -0.466 e. The molecule has 0 atom stereocenters. The van der Waals surface area contributed by atoms with Crippen LogP contribution in [-0.4, -0.2) is 19.0 Å². The summed E-state index contributed by atoms with van der Waals surface area (Å²) in [7, 11) is 1.25. The summed E-state index contributed by atoms with van der Waals surface area (Å²) in [6.07, 6.45) is 1.10. The normalized spacial score (nSPS) is 10.6. The van der Waals surface area contributed by atoms with Crippen LogP contribution in [0.3, 0.4) is 0 Å². The van der Waals surface area contributed by atoms with E-state index in [1.165, 1.54) is 21.0 Å². The Morgan fingerprint density at radius 2 is 1.82 bits per heavy atom. The van der Waals surface area contributed by atoms with Crippen molar-refractivity contribution in [2.75, 3.05) is 7.11 Å². The lowest BCUT2D eigenvalue weighted by atomic mass is 10.5. The van der Waals surface area contributed by atoms with E-state index in [2.05, 4.69) is 9.47 Å². The minimum atomic E-state index is -0.538. The Hall–Kier alpha value is -1.32. The van der Waals surface area contributed by atoms with Crippen LogP contribution in [0.15, 0.2) is 11.8 Å². The average molecular weight is 158 g/mol. The highest BCUT2D eigenvalue weighted by molar-refractivity contribution is 5.82. The second kappa shape index (κ2) is 4.49. The molecule has 0 fully saturated rings. The molecule has 0 saturated carbocycles. The van der Waals surface area contributed by atoms with Crippen LogP contribution >= 0.6 is 0 Å². The third-order valence-electron chi connectivity index (χ3n) is 0.827. The van der Waals surface area contributed by atoms with E-state index in [0.717, 1.165) is 6.08 Å². The van der Waals surface area contributed by atoms with Gasteiger partial charge in [0.25, 0.3) is 0 Å². The van der Waals surface area contributed by atoms with E-state index >= 15 is 0 Å². The van der Waals surface area contributed by atoms with E-state index in [-0.39, 0.29) is 5.76 Å². The SMILES string of the molecule is COC(=O)C=C(C)OC(C)=O. The molecule has 4 nitrogen and oxygen atoms in total. The van der Waals surface area contributed by atoms with Gasteiger partial charge in [-0.3, -0.25) is 4.79 Å². The number of rotatable bonds is 2. The summed E-state index contributed by atoms with van der Waals surface area (Å²) in [5.41, 5.74) is 0. The van der Waals surface area contributed by atoms with Gasteiger partial charge in [0, 0.05) is 6.92 Å². The van der Waals surface area contributed by atoms with Crippen LogP contribution in [0.1, 0.15) is 13.8 Å². The molecular formula is C7H10O4. The zero-order valence-electron chi connectivity index (χ0n) is 6.71. The fourth-order valence-electron chi connectivity index (χ4n) is 0.481. The van der Waals surface area contributed by atoms with Crippen molar-refractivity contribution in [2.45, 2.75) is 13.8 Å². The third-order valence-corrected chi connectivity index (χ3v) is 0.827. The molecule has 0 bridgehead atoms. The summed E-state index contributed by atoms with van der Waals surface area (Å²) < 4.78 is 8.84. The molecule has 0 radical (unpaired) electrons. The summed E-state index contributed by atoms with van der Waals surface area (Å²) in [6.45, 7) is 2.76. The molecule has 0 aromatic carbocycles. The number of hydrogen-bond acceptors (Lipinski definition) is 4. The van der Waals surface area contributed by atoms with Gasteiger partial charge in [-0.2, -0.15) is 0 Å². The van der Waals surface area contributed by atoms with Crippen molar-refractivity contribution in [1.29, 1.82) is 0 Å². The first-order valence-electron chi connectivity index (χ1n) is 3.01. The van der Waals surface area contributed by atoms with Crippen molar-refractivity contribution in [3.05, 3.63) is 11.8 Å². The van der Waals surface area contributed by atoms with E-state index < -0.39 is 11.9 Å². The van der Waals surface area contributed by atoms with E-state index in [4.69, 9.17) is 0 Å². The first-order valence-corrected chi connectivity index (χ1v) is 3.01. The van der Waals surface area contributed by atoms with Crippen molar-refractivity contribution < 1.29 is 19.1 Å². The van der Waals surface area contributed by atoms with Gasteiger partial charge in [0.05, 0.1) is 13.2 Å². The van der Waals surface area contributed by atoms with Crippen LogP contribution in [0.2, 0.25) is 0 Å². The van der Waals surface area contributed by atoms with Gasteiger partial charge in [-0.25, -0.2) is 4.79 Å². The Kier molecular flexibility index (Phi) is 3.95. The van der Waals surface area contributed by atoms with Gasteiger partial charge in [-0.1, -0.05) is 0 Å². The number of allylic oxidation sites excluding steroid dienone is 1. The standard InChI is InChI=1S/C7H10O4/c1-5(11-6(2)8)4-7(9)10-3/h4H,1-3H3. The molecule has 0 saturated heterocycles. The molecule has 0 heterocycles. The highest BCUT2D eigenvalue weighted by Gasteiger charge is 1.99. The molecule has 0 aromatic heterocycles. The summed E-state index contributed by atoms with van der Waals surface area (Å²) in [5.74, 6) is -0.768. The largest absolute Gasteiger partial charge is 0.466 e. The van der Waals surface area contributed by atoms with Crippen LogP contribution in [0.25, 0.3) is 0 Å². The van der Waals surface area contributed by atoms with Crippen molar-refractivity contribution >= 4 is 11.9 Å². The second-order valence-corrected chi connectivity index (χ2v) is 1.87. The number of ether oxygens (including phenoxy) is 2. The molecule has 4 heteroatoms. The highest BCUT2D eigenvalue weighted by atomic mass is 16.5. The molecule has 0 amide bonds. The molecule has 0 aliphatic heterocycles. The van der Waals surface area contributed by atoms with Gasteiger partial charge >= 0.3 is 11.9 Å². The van der Waals surface area contributed by atoms with Crippen LogP contribution in [-0.2, 0) is 19.1 Å². The molecule has 0 rings (SSSR count). The quantitative estimate of drug-likeness (QED) is 0.336. The van der Waals surface area contributed by atoms with Crippen molar-refractivity contribution in [3.63, 3.8) is 0 Å². The van der Waals surface area contributed by atoms with Gasteiger partial charge < -0.3 is 9.47 Å². The predicted octanol–water partition coefficient (Wildman–Crippen LogP) is 0.626.